The van der Waals surface area contributed by atoms with Gasteiger partial charge in [-0.05, 0) is 48.1 Å². The van der Waals surface area contributed by atoms with E-state index >= 15 is 0 Å². The summed E-state index contributed by atoms with van der Waals surface area (Å²) in [7, 11) is 0. The van der Waals surface area contributed by atoms with E-state index in [1.165, 1.54) is 55.2 Å². The van der Waals surface area contributed by atoms with Crippen LogP contribution in [0.4, 0.5) is 0 Å². The van der Waals surface area contributed by atoms with Gasteiger partial charge in [-0.1, -0.05) is 49.9 Å². The lowest BCUT2D eigenvalue weighted by Crippen LogP contribution is -2.27. The Bertz CT molecular complexity index is 540. The van der Waals surface area contributed by atoms with Crippen molar-refractivity contribution in [3.05, 3.63) is 65.5 Å². The molecule has 1 saturated carbocycles. The minimum atomic E-state index is 0.721. The molecule has 2 nitrogen and oxygen atoms in total. The quantitative estimate of drug-likeness (QED) is 0.822. The molecule has 1 fully saturated rings. The molecule has 2 aromatic rings. The predicted molar refractivity (Wildman–Crippen MR) is 91.8 cm³/mol. The fourth-order valence-electron chi connectivity index (χ4n) is 3.26. The van der Waals surface area contributed by atoms with Crippen LogP contribution in [0.2, 0.25) is 0 Å². The number of benzene rings is 1. The van der Waals surface area contributed by atoms with E-state index in [4.69, 9.17) is 0 Å². The molecular formula is C20H26N2. The molecule has 0 unspecified atom stereocenters. The van der Waals surface area contributed by atoms with Crippen molar-refractivity contribution < 1.29 is 0 Å². The number of nitrogens with zero attached hydrogens (tertiary/aromatic N) is 1. The molecule has 0 atom stereocenters. The van der Waals surface area contributed by atoms with E-state index in [0.717, 1.165) is 19.0 Å². The van der Waals surface area contributed by atoms with Crippen LogP contribution in [0.1, 0.15) is 55.2 Å². The summed E-state index contributed by atoms with van der Waals surface area (Å²) in [5, 5.41) is 3.74. The fraction of sp³-hybridized carbons (Fsp3) is 0.450. The molecule has 1 aromatic heterocycles. The average molecular weight is 294 g/mol. The van der Waals surface area contributed by atoms with Crippen molar-refractivity contribution in [1.29, 1.82) is 0 Å². The van der Waals surface area contributed by atoms with Crippen LogP contribution in [0.15, 0.2) is 48.8 Å². The second-order valence-corrected chi connectivity index (χ2v) is 6.42. The molecule has 1 aromatic carbocycles. The fourth-order valence-corrected chi connectivity index (χ4v) is 3.26. The smallest absolute Gasteiger partial charge is 0.0270 e. The minimum Gasteiger partial charge on any atom is -0.310 e. The molecule has 2 heteroatoms. The molecule has 0 amide bonds. The van der Waals surface area contributed by atoms with Crippen LogP contribution in [-0.4, -0.2) is 11.0 Å². The maximum absolute atomic E-state index is 4.07. The summed E-state index contributed by atoms with van der Waals surface area (Å²) in [5.41, 5.74) is 4.08. The van der Waals surface area contributed by atoms with Crippen LogP contribution in [0.5, 0.6) is 0 Å². The van der Waals surface area contributed by atoms with E-state index in [1.807, 2.05) is 12.4 Å². The second-order valence-electron chi connectivity index (χ2n) is 6.42. The van der Waals surface area contributed by atoms with Gasteiger partial charge < -0.3 is 5.32 Å². The van der Waals surface area contributed by atoms with Crippen LogP contribution < -0.4 is 5.32 Å². The van der Waals surface area contributed by atoms with Crippen LogP contribution in [-0.2, 0) is 13.0 Å². The maximum Gasteiger partial charge on any atom is 0.0270 e. The van der Waals surface area contributed by atoms with Gasteiger partial charge in [0, 0.05) is 25.0 Å². The number of aromatic nitrogens is 1. The number of hydrogen-bond acceptors (Lipinski definition) is 2. The zero-order valence-corrected chi connectivity index (χ0v) is 13.3. The molecule has 3 rings (SSSR count). The summed E-state index contributed by atoms with van der Waals surface area (Å²) in [6, 6.07) is 13.9. The first-order chi connectivity index (χ1) is 10.9. The van der Waals surface area contributed by atoms with Crippen molar-refractivity contribution in [2.24, 2.45) is 0 Å². The molecule has 1 aliphatic carbocycles. The SMILES string of the molecule is c1cc(Cc2ccc(CNC3CCCCCC3)cc2)ccn1. The number of pyridine rings is 1. The topological polar surface area (TPSA) is 24.9 Å². The highest BCUT2D eigenvalue weighted by atomic mass is 14.9. The first kappa shape index (κ1) is 15.2. The lowest BCUT2D eigenvalue weighted by Gasteiger charge is -2.16. The normalized spacial score (nSPS) is 16.4. The van der Waals surface area contributed by atoms with Crippen LogP contribution in [0, 0.1) is 0 Å². The van der Waals surface area contributed by atoms with Crippen molar-refractivity contribution in [3.8, 4) is 0 Å². The van der Waals surface area contributed by atoms with E-state index in [2.05, 4.69) is 46.7 Å². The summed E-state index contributed by atoms with van der Waals surface area (Å²) >= 11 is 0. The Morgan fingerprint density at radius 1 is 0.773 bits per heavy atom. The van der Waals surface area contributed by atoms with Gasteiger partial charge in [0.05, 0.1) is 0 Å². The first-order valence-electron chi connectivity index (χ1n) is 8.60. The van der Waals surface area contributed by atoms with Crippen molar-refractivity contribution >= 4 is 0 Å². The Labute approximate surface area is 134 Å². The van der Waals surface area contributed by atoms with Gasteiger partial charge in [0.25, 0.3) is 0 Å². The lowest BCUT2D eigenvalue weighted by atomic mass is 10.0. The highest BCUT2D eigenvalue weighted by Crippen LogP contribution is 2.18. The standard InChI is InChI=1S/C20H26N2/c1-2-4-6-20(5-3-1)22-16-19-9-7-17(8-10-19)15-18-11-13-21-14-12-18/h7-14,20,22H,1-6,15-16H2. The van der Waals surface area contributed by atoms with E-state index in [0.29, 0.717) is 0 Å². The molecule has 0 bridgehead atoms. The van der Waals surface area contributed by atoms with Gasteiger partial charge in [0.2, 0.25) is 0 Å². The molecule has 0 radical (unpaired) electrons. The van der Waals surface area contributed by atoms with Gasteiger partial charge in [-0.25, -0.2) is 0 Å². The second kappa shape index (κ2) is 8.09. The van der Waals surface area contributed by atoms with E-state index < -0.39 is 0 Å². The zero-order chi connectivity index (χ0) is 15.0. The van der Waals surface area contributed by atoms with Crippen LogP contribution in [0.25, 0.3) is 0 Å². The molecule has 0 spiro atoms. The molecule has 1 aliphatic rings. The van der Waals surface area contributed by atoms with Crippen LogP contribution in [0.3, 0.4) is 0 Å². The van der Waals surface area contributed by atoms with Gasteiger partial charge in [-0.2, -0.15) is 0 Å². The minimum absolute atomic E-state index is 0.721. The van der Waals surface area contributed by atoms with Crippen molar-refractivity contribution in [3.63, 3.8) is 0 Å². The lowest BCUT2D eigenvalue weighted by molar-refractivity contribution is 0.459. The van der Waals surface area contributed by atoms with Gasteiger partial charge in [0.15, 0.2) is 0 Å². The monoisotopic (exact) mass is 294 g/mol. The molecule has 1 heterocycles. The number of rotatable bonds is 5. The number of nitrogens with one attached hydrogen (secondary N) is 1. The summed E-state index contributed by atoms with van der Waals surface area (Å²) in [6.45, 7) is 1.00. The summed E-state index contributed by atoms with van der Waals surface area (Å²) in [6.07, 6.45) is 13.0. The molecule has 0 saturated heterocycles. The van der Waals surface area contributed by atoms with Gasteiger partial charge in [-0.3, -0.25) is 4.98 Å². The summed E-state index contributed by atoms with van der Waals surface area (Å²) in [5.74, 6) is 0. The molecule has 116 valence electrons. The Balaban J connectivity index is 1.50. The van der Waals surface area contributed by atoms with Crippen molar-refractivity contribution in [2.45, 2.75) is 57.5 Å². The third-order valence-electron chi connectivity index (χ3n) is 4.63. The molecule has 1 N–H and O–H groups in total. The molecule has 0 aliphatic heterocycles. The van der Waals surface area contributed by atoms with Gasteiger partial charge >= 0.3 is 0 Å². The van der Waals surface area contributed by atoms with Gasteiger partial charge in [-0.15, -0.1) is 0 Å². The highest BCUT2D eigenvalue weighted by molar-refractivity contribution is 5.27. The summed E-state index contributed by atoms with van der Waals surface area (Å²) < 4.78 is 0. The molecule has 22 heavy (non-hydrogen) atoms. The van der Waals surface area contributed by atoms with E-state index in [1.54, 1.807) is 0 Å². The first-order valence-corrected chi connectivity index (χ1v) is 8.60. The Morgan fingerprint density at radius 3 is 2.05 bits per heavy atom. The molecular weight excluding hydrogens is 268 g/mol. The summed E-state index contributed by atoms with van der Waals surface area (Å²) in [4.78, 5) is 4.07. The highest BCUT2D eigenvalue weighted by Gasteiger charge is 2.11. The van der Waals surface area contributed by atoms with Crippen molar-refractivity contribution in [2.75, 3.05) is 0 Å². The Hall–Kier alpha value is -1.67. The average Bonchev–Trinajstić information content (AvgIpc) is 2.84. The Kier molecular flexibility index (Phi) is 5.60. The predicted octanol–water partition coefficient (Wildman–Crippen LogP) is 4.48. The zero-order valence-electron chi connectivity index (χ0n) is 13.3. The third-order valence-corrected chi connectivity index (χ3v) is 4.63. The Morgan fingerprint density at radius 2 is 1.36 bits per heavy atom. The maximum atomic E-state index is 4.07. The van der Waals surface area contributed by atoms with Crippen molar-refractivity contribution in [1.82, 2.24) is 10.3 Å². The number of hydrogen-bond donors (Lipinski definition) is 1. The van der Waals surface area contributed by atoms with Gasteiger partial charge in [0.1, 0.15) is 0 Å². The third kappa shape index (κ3) is 4.67. The van der Waals surface area contributed by atoms with Crippen LogP contribution >= 0.6 is 0 Å². The van der Waals surface area contributed by atoms with E-state index in [9.17, 15) is 0 Å². The van der Waals surface area contributed by atoms with E-state index in [-0.39, 0.29) is 0 Å². The largest absolute Gasteiger partial charge is 0.310 e.